The summed E-state index contributed by atoms with van der Waals surface area (Å²) in [6, 6.07) is 9.50. The quantitative estimate of drug-likeness (QED) is 0.909. The summed E-state index contributed by atoms with van der Waals surface area (Å²) in [4.78, 5) is 15.5. The van der Waals surface area contributed by atoms with Gasteiger partial charge < -0.3 is 5.32 Å². The van der Waals surface area contributed by atoms with E-state index in [2.05, 4.69) is 25.2 Å². The summed E-state index contributed by atoms with van der Waals surface area (Å²) in [5.74, 6) is 0.00104. The number of thiophene rings is 1. The van der Waals surface area contributed by atoms with Gasteiger partial charge in [0.15, 0.2) is 0 Å². The number of benzene rings is 1. The third-order valence-corrected chi connectivity index (χ3v) is 5.46. The molecule has 0 saturated heterocycles. The number of carbonyl (C=O) groups excluding carboxylic acids is 1. The van der Waals surface area contributed by atoms with Crippen LogP contribution in [0.25, 0.3) is 0 Å². The predicted octanol–water partition coefficient (Wildman–Crippen LogP) is 3.52. The summed E-state index contributed by atoms with van der Waals surface area (Å²) in [5.41, 5.74) is 2.12. The van der Waals surface area contributed by atoms with E-state index in [0.29, 0.717) is 6.42 Å². The third-order valence-electron chi connectivity index (χ3n) is 3.54. The molecule has 0 radical (unpaired) electrons. The molecule has 2 rings (SSSR count). The normalized spacial score (nSPS) is 13.6. The van der Waals surface area contributed by atoms with E-state index in [9.17, 15) is 9.00 Å². The zero-order valence-electron chi connectivity index (χ0n) is 13.3. The van der Waals surface area contributed by atoms with Crippen LogP contribution >= 0.6 is 11.3 Å². The molecule has 2 aromatic rings. The monoisotopic (exact) mass is 335 g/mol. The van der Waals surface area contributed by atoms with E-state index in [0.717, 1.165) is 10.5 Å². The first-order valence-corrected chi connectivity index (χ1v) is 9.53. The van der Waals surface area contributed by atoms with E-state index in [4.69, 9.17) is 0 Å². The molecule has 0 fully saturated rings. The minimum atomic E-state index is -0.984. The molecule has 3 nitrogen and oxygen atoms in total. The van der Waals surface area contributed by atoms with Gasteiger partial charge >= 0.3 is 0 Å². The Morgan fingerprint density at radius 1 is 1.27 bits per heavy atom. The second-order valence-corrected chi connectivity index (χ2v) is 8.27. The average molecular weight is 335 g/mol. The Kier molecular flexibility index (Phi) is 5.53. The van der Waals surface area contributed by atoms with Crippen LogP contribution in [0.15, 0.2) is 35.2 Å². The Balaban J connectivity index is 1.97. The molecule has 1 heterocycles. The van der Waals surface area contributed by atoms with Gasteiger partial charge in [0, 0.05) is 31.7 Å². The molecule has 0 aliphatic rings. The first kappa shape index (κ1) is 16.9. The number of amides is 1. The fraction of sp³-hybridized carbons (Fsp3) is 0.353. The standard InChI is InChI=1S/C17H21NO2S2/c1-11-9-16(13(3)21-11)12(2)18-17(19)10-14-5-7-15(8-6-14)22(4)20/h5-9,12H,10H2,1-4H3,(H,18,19)/t12-,22+/m1/s1. The Morgan fingerprint density at radius 3 is 2.41 bits per heavy atom. The maximum atomic E-state index is 12.2. The average Bonchev–Trinajstić information content (AvgIpc) is 2.78. The van der Waals surface area contributed by atoms with Crippen LogP contribution in [0.5, 0.6) is 0 Å². The maximum absolute atomic E-state index is 12.2. The minimum Gasteiger partial charge on any atom is -0.349 e. The number of aryl methyl sites for hydroxylation is 2. The van der Waals surface area contributed by atoms with E-state index < -0.39 is 10.8 Å². The first-order valence-electron chi connectivity index (χ1n) is 7.15. The molecule has 0 aliphatic heterocycles. The Bertz CT molecular complexity index is 689. The fourth-order valence-electron chi connectivity index (χ4n) is 2.43. The highest BCUT2D eigenvalue weighted by molar-refractivity contribution is 7.84. The largest absolute Gasteiger partial charge is 0.349 e. The van der Waals surface area contributed by atoms with Crippen molar-refractivity contribution < 1.29 is 9.00 Å². The lowest BCUT2D eigenvalue weighted by molar-refractivity contribution is -0.121. The van der Waals surface area contributed by atoms with Crippen LogP contribution in [0.2, 0.25) is 0 Å². The van der Waals surface area contributed by atoms with Crippen molar-refractivity contribution in [3.05, 3.63) is 51.2 Å². The van der Waals surface area contributed by atoms with Gasteiger partial charge in [0.25, 0.3) is 0 Å². The van der Waals surface area contributed by atoms with Crippen molar-refractivity contribution >= 4 is 28.0 Å². The summed E-state index contributed by atoms with van der Waals surface area (Å²) < 4.78 is 11.3. The van der Waals surface area contributed by atoms with Crippen LogP contribution in [0.1, 0.15) is 33.8 Å². The van der Waals surface area contributed by atoms with E-state index in [1.165, 1.54) is 15.3 Å². The van der Waals surface area contributed by atoms with Gasteiger partial charge in [0.2, 0.25) is 5.91 Å². The predicted molar refractivity (Wildman–Crippen MR) is 92.8 cm³/mol. The lowest BCUT2D eigenvalue weighted by Gasteiger charge is -2.14. The fourth-order valence-corrected chi connectivity index (χ4v) is 3.98. The van der Waals surface area contributed by atoms with Crippen LogP contribution < -0.4 is 5.32 Å². The van der Waals surface area contributed by atoms with Crippen LogP contribution in [0.4, 0.5) is 0 Å². The van der Waals surface area contributed by atoms with Gasteiger partial charge in [-0.3, -0.25) is 9.00 Å². The molecule has 2 atom stereocenters. The number of hydrogen-bond acceptors (Lipinski definition) is 3. The van der Waals surface area contributed by atoms with Crippen LogP contribution in [0, 0.1) is 13.8 Å². The topological polar surface area (TPSA) is 46.2 Å². The molecule has 0 aliphatic carbocycles. The molecule has 0 unspecified atom stereocenters. The second-order valence-electron chi connectivity index (χ2n) is 5.43. The van der Waals surface area contributed by atoms with Gasteiger partial charge in [-0.25, -0.2) is 0 Å². The second kappa shape index (κ2) is 7.20. The number of carbonyl (C=O) groups is 1. The van der Waals surface area contributed by atoms with Crippen molar-refractivity contribution in [3.63, 3.8) is 0 Å². The number of rotatable bonds is 5. The van der Waals surface area contributed by atoms with Crippen molar-refractivity contribution in [2.24, 2.45) is 0 Å². The lowest BCUT2D eigenvalue weighted by Crippen LogP contribution is -2.28. The Labute approximate surface area is 138 Å². The molecule has 1 N–H and O–H groups in total. The molecule has 0 saturated carbocycles. The van der Waals surface area contributed by atoms with Crippen molar-refractivity contribution in [2.45, 2.75) is 38.1 Å². The third kappa shape index (κ3) is 4.27. The highest BCUT2D eigenvalue weighted by atomic mass is 32.2. The Morgan fingerprint density at radius 2 is 1.91 bits per heavy atom. The van der Waals surface area contributed by atoms with Crippen LogP contribution in [-0.4, -0.2) is 16.4 Å². The molecule has 0 spiro atoms. The molecular formula is C17H21NO2S2. The molecule has 5 heteroatoms. The molecule has 22 heavy (non-hydrogen) atoms. The van der Waals surface area contributed by atoms with E-state index in [-0.39, 0.29) is 11.9 Å². The van der Waals surface area contributed by atoms with Crippen molar-refractivity contribution in [3.8, 4) is 0 Å². The maximum Gasteiger partial charge on any atom is 0.224 e. The summed E-state index contributed by atoms with van der Waals surface area (Å²) in [7, 11) is -0.984. The lowest BCUT2D eigenvalue weighted by atomic mass is 10.1. The first-order chi connectivity index (χ1) is 10.4. The summed E-state index contributed by atoms with van der Waals surface area (Å²) in [6.45, 7) is 6.17. The van der Waals surface area contributed by atoms with Crippen LogP contribution in [-0.2, 0) is 22.0 Å². The SMILES string of the molecule is Cc1cc([C@@H](C)NC(=O)Cc2ccc([S@](C)=O)cc2)c(C)s1. The van der Waals surface area contributed by atoms with E-state index in [1.54, 1.807) is 17.6 Å². The summed E-state index contributed by atoms with van der Waals surface area (Å²) >= 11 is 1.75. The molecule has 1 aromatic carbocycles. The molecule has 118 valence electrons. The minimum absolute atomic E-state index is 0.00104. The van der Waals surface area contributed by atoms with Gasteiger partial charge in [-0.1, -0.05) is 12.1 Å². The van der Waals surface area contributed by atoms with Crippen molar-refractivity contribution in [1.29, 1.82) is 0 Å². The number of hydrogen-bond donors (Lipinski definition) is 1. The Hall–Kier alpha value is -1.46. The zero-order valence-corrected chi connectivity index (χ0v) is 14.9. The summed E-state index contributed by atoms with van der Waals surface area (Å²) in [6.07, 6.45) is 1.98. The van der Waals surface area contributed by atoms with Gasteiger partial charge in [-0.2, -0.15) is 0 Å². The highest BCUT2D eigenvalue weighted by Crippen LogP contribution is 2.26. The van der Waals surface area contributed by atoms with E-state index in [1.807, 2.05) is 31.2 Å². The van der Waals surface area contributed by atoms with Gasteiger partial charge in [-0.05, 0) is 50.1 Å². The zero-order chi connectivity index (χ0) is 16.3. The molecule has 1 aromatic heterocycles. The number of nitrogens with one attached hydrogen (secondary N) is 1. The molecule has 0 bridgehead atoms. The van der Waals surface area contributed by atoms with Gasteiger partial charge in [0.05, 0.1) is 12.5 Å². The van der Waals surface area contributed by atoms with Crippen molar-refractivity contribution in [1.82, 2.24) is 5.32 Å². The van der Waals surface area contributed by atoms with Crippen molar-refractivity contribution in [2.75, 3.05) is 6.26 Å². The molecule has 1 amide bonds. The highest BCUT2D eigenvalue weighted by Gasteiger charge is 2.14. The van der Waals surface area contributed by atoms with Gasteiger partial charge in [-0.15, -0.1) is 11.3 Å². The summed E-state index contributed by atoms with van der Waals surface area (Å²) in [5, 5.41) is 3.04. The van der Waals surface area contributed by atoms with Gasteiger partial charge in [0.1, 0.15) is 0 Å². The molecular weight excluding hydrogens is 314 g/mol. The van der Waals surface area contributed by atoms with Crippen LogP contribution in [0.3, 0.4) is 0 Å². The van der Waals surface area contributed by atoms with E-state index >= 15 is 0 Å². The smallest absolute Gasteiger partial charge is 0.224 e.